The minimum Gasteiger partial charge on any atom is -0.492 e. The van der Waals surface area contributed by atoms with Gasteiger partial charge in [0, 0.05) is 32.4 Å². The minimum atomic E-state index is 0.00821. The van der Waals surface area contributed by atoms with Crippen LogP contribution in [-0.4, -0.2) is 65.5 Å². The molecular weight excluding hydrogens is 388 g/mol. The van der Waals surface area contributed by atoms with E-state index < -0.39 is 0 Å². The summed E-state index contributed by atoms with van der Waals surface area (Å²) in [4.78, 5) is 25.8. The number of benzene rings is 1. The number of likely N-dealkylation sites (tertiary alicyclic amines) is 1. The number of amides is 1. The highest BCUT2D eigenvalue weighted by Gasteiger charge is 2.37. The van der Waals surface area contributed by atoms with Gasteiger partial charge in [0.1, 0.15) is 18.1 Å². The van der Waals surface area contributed by atoms with Gasteiger partial charge in [-0.2, -0.15) is 0 Å². The third-order valence-corrected chi connectivity index (χ3v) is 6.82. The highest BCUT2D eigenvalue weighted by Crippen LogP contribution is 2.38. The smallest absolute Gasteiger partial charge is 0.274 e. The van der Waals surface area contributed by atoms with E-state index >= 15 is 0 Å². The number of piperidine rings is 1. The van der Waals surface area contributed by atoms with Crippen LogP contribution < -0.4 is 4.74 Å². The Morgan fingerprint density at radius 2 is 1.84 bits per heavy atom. The van der Waals surface area contributed by atoms with Gasteiger partial charge in [0.25, 0.3) is 5.91 Å². The summed E-state index contributed by atoms with van der Waals surface area (Å²) in [5.74, 6) is 1.05. The van der Waals surface area contributed by atoms with Crippen LogP contribution in [0.15, 0.2) is 36.7 Å². The number of hydrogen-bond donors (Lipinski definition) is 0. The van der Waals surface area contributed by atoms with Crippen LogP contribution in [0.1, 0.15) is 53.8 Å². The Bertz CT molecular complexity index is 875. The first-order chi connectivity index (χ1) is 15.0. The van der Waals surface area contributed by atoms with Gasteiger partial charge in [-0.25, -0.2) is 4.98 Å². The summed E-state index contributed by atoms with van der Waals surface area (Å²) in [6.07, 6.45) is 10.0. The third kappa shape index (κ3) is 5.42. The normalized spacial score (nSPS) is 20.3. The second-order valence-electron chi connectivity index (χ2n) is 9.24. The monoisotopic (exact) mass is 422 g/mol. The molecule has 1 amide bonds. The van der Waals surface area contributed by atoms with Gasteiger partial charge in [-0.05, 0) is 63.1 Å². The van der Waals surface area contributed by atoms with Gasteiger partial charge < -0.3 is 14.5 Å². The molecule has 0 radical (unpaired) electrons. The Hall–Kier alpha value is -2.47. The molecule has 4 rings (SSSR count). The molecule has 1 saturated heterocycles. The van der Waals surface area contributed by atoms with Crippen LogP contribution in [0.5, 0.6) is 5.75 Å². The molecule has 3 heterocycles. The average Bonchev–Trinajstić information content (AvgIpc) is 2.77. The van der Waals surface area contributed by atoms with E-state index in [1.165, 1.54) is 24.8 Å². The summed E-state index contributed by atoms with van der Waals surface area (Å²) < 4.78 is 6.11. The van der Waals surface area contributed by atoms with Crippen molar-refractivity contribution in [3.63, 3.8) is 0 Å². The lowest BCUT2D eigenvalue weighted by Gasteiger charge is -2.44. The number of para-hydroxylation sites is 1. The molecule has 2 aliphatic heterocycles. The Kier molecular flexibility index (Phi) is 6.86. The maximum absolute atomic E-state index is 12.9. The molecule has 31 heavy (non-hydrogen) atoms. The van der Waals surface area contributed by atoms with Crippen LogP contribution in [0.25, 0.3) is 0 Å². The third-order valence-electron chi connectivity index (χ3n) is 6.82. The maximum atomic E-state index is 12.9. The summed E-state index contributed by atoms with van der Waals surface area (Å²) in [6.45, 7) is 6.15. The van der Waals surface area contributed by atoms with Crippen molar-refractivity contribution < 1.29 is 9.53 Å². The number of likely N-dealkylation sites (N-methyl/N-ethyl adjacent to an activating group) is 1. The van der Waals surface area contributed by atoms with Crippen LogP contribution in [0.4, 0.5) is 0 Å². The number of aromatic nitrogens is 2. The van der Waals surface area contributed by atoms with E-state index in [1.54, 1.807) is 12.4 Å². The van der Waals surface area contributed by atoms with Crippen molar-refractivity contribution in [3.8, 4) is 5.75 Å². The number of aryl methyl sites for hydroxylation is 2. The van der Waals surface area contributed by atoms with E-state index in [0.29, 0.717) is 12.3 Å². The number of carbonyl (C=O) groups is 1. The summed E-state index contributed by atoms with van der Waals surface area (Å²) in [5, 5.41) is 0. The number of carbonyl (C=O) groups excluding carboxylic acids is 1. The lowest BCUT2D eigenvalue weighted by Crippen LogP contribution is -2.48. The van der Waals surface area contributed by atoms with Gasteiger partial charge in [-0.1, -0.05) is 24.6 Å². The van der Waals surface area contributed by atoms with E-state index in [-0.39, 0.29) is 11.3 Å². The number of ether oxygens (including phenoxy) is 1. The van der Waals surface area contributed by atoms with Gasteiger partial charge >= 0.3 is 0 Å². The largest absolute Gasteiger partial charge is 0.492 e. The molecule has 0 bridgehead atoms. The molecular formula is C25H34N4O2. The van der Waals surface area contributed by atoms with Gasteiger partial charge in [-0.15, -0.1) is 0 Å². The molecule has 6 nitrogen and oxygen atoms in total. The molecule has 2 aliphatic rings. The molecule has 1 aromatic heterocycles. The molecule has 1 aromatic carbocycles. The average molecular weight is 423 g/mol. The molecule has 0 unspecified atom stereocenters. The van der Waals surface area contributed by atoms with Gasteiger partial charge in [-0.3, -0.25) is 9.78 Å². The van der Waals surface area contributed by atoms with E-state index in [4.69, 9.17) is 4.74 Å². The summed E-state index contributed by atoms with van der Waals surface area (Å²) in [7, 11) is 2.20. The van der Waals surface area contributed by atoms with E-state index in [0.717, 1.165) is 56.9 Å². The van der Waals surface area contributed by atoms with E-state index in [9.17, 15) is 4.79 Å². The van der Waals surface area contributed by atoms with Gasteiger partial charge in [0.05, 0.1) is 11.9 Å². The molecule has 0 N–H and O–H groups in total. The fourth-order valence-corrected chi connectivity index (χ4v) is 4.97. The zero-order chi connectivity index (χ0) is 21.7. The first-order valence-electron chi connectivity index (χ1n) is 11.5. The highest BCUT2D eigenvalue weighted by atomic mass is 16.5. The first kappa shape index (κ1) is 21.8. The lowest BCUT2D eigenvalue weighted by atomic mass is 9.73. The number of rotatable bonds is 1. The van der Waals surface area contributed by atoms with Crippen molar-refractivity contribution in [2.24, 2.45) is 5.41 Å². The Balaban J connectivity index is 1.40. The van der Waals surface area contributed by atoms with Crippen molar-refractivity contribution in [1.82, 2.24) is 19.8 Å². The van der Waals surface area contributed by atoms with Crippen molar-refractivity contribution in [2.45, 2.75) is 45.4 Å². The number of hydrogen-bond acceptors (Lipinski definition) is 5. The lowest BCUT2D eigenvalue weighted by molar-refractivity contribution is 0.0420. The van der Waals surface area contributed by atoms with Crippen molar-refractivity contribution >= 4 is 5.91 Å². The molecule has 166 valence electrons. The predicted octanol–water partition coefficient (Wildman–Crippen LogP) is 3.74. The van der Waals surface area contributed by atoms with Crippen molar-refractivity contribution in [2.75, 3.05) is 39.8 Å². The molecule has 0 atom stereocenters. The molecule has 0 saturated carbocycles. The predicted molar refractivity (Wildman–Crippen MR) is 121 cm³/mol. The zero-order valence-electron chi connectivity index (χ0n) is 18.8. The van der Waals surface area contributed by atoms with Crippen LogP contribution in [0, 0.1) is 12.3 Å². The molecule has 1 fully saturated rings. The van der Waals surface area contributed by atoms with Crippen LogP contribution in [0.3, 0.4) is 0 Å². The second kappa shape index (κ2) is 9.77. The fourth-order valence-electron chi connectivity index (χ4n) is 4.97. The molecule has 0 aliphatic carbocycles. The molecule has 1 spiro atoms. The summed E-state index contributed by atoms with van der Waals surface area (Å²) >= 11 is 0. The second-order valence-corrected chi connectivity index (χ2v) is 9.24. The molecule has 6 heteroatoms. The number of nitrogens with zero attached hydrogens (tertiary/aromatic N) is 4. The quantitative estimate of drug-likeness (QED) is 0.701. The Morgan fingerprint density at radius 1 is 1.03 bits per heavy atom. The topological polar surface area (TPSA) is 58.6 Å². The standard InChI is InChI=1S/C25H34N4O2/c1-20-17-27-22(18-26-20)24(30)29-13-11-25(12-14-29)10-6-5-8-21-7-3-4-9-23(21)31-16-15-28(2)19-25/h3-4,7,9,17-18H,5-6,8,10-16,19H2,1-2H3. The maximum Gasteiger partial charge on any atom is 0.274 e. The van der Waals surface area contributed by atoms with Gasteiger partial charge in [0.2, 0.25) is 0 Å². The first-order valence-corrected chi connectivity index (χ1v) is 11.5. The Morgan fingerprint density at radius 3 is 2.61 bits per heavy atom. The van der Waals surface area contributed by atoms with Crippen LogP contribution >= 0.6 is 0 Å². The summed E-state index contributed by atoms with van der Waals surface area (Å²) in [5.41, 5.74) is 2.87. The van der Waals surface area contributed by atoms with E-state index in [1.807, 2.05) is 11.8 Å². The highest BCUT2D eigenvalue weighted by molar-refractivity contribution is 5.92. The van der Waals surface area contributed by atoms with Crippen molar-refractivity contribution in [1.29, 1.82) is 0 Å². The zero-order valence-corrected chi connectivity index (χ0v) is 18.8. The van der Waals surface area contributed by atoms with Crippen LogP contribution in [-0.2, 0) is 6.42 Å². The number of fused-ring (bicyclic) bond motifs is 1. The Labute approximate surface area is 185 Å². The van der Waals surface area contributed by atoms with Gasteiger partial charge in [0.15, 0.2) is 0 Å². The summed E-state index contributed by atoms with van der Waals surface area (Å²) in [6, 6.07) is 8.44. The molecule has 2 aromatic rings. The van der Waals surface area contributed by atoms with Crippen LogP contribution in [0.2, 0.25) is 0 Å². The minimum absolute atomic E-state index is 0.00821. The van der Waals surface area contributed by atoms with Crippen molar-refractivity contribution in [3.05, 3.63) is 53.6 Å². The SMILES string of the molecule is Cc1cnc(C(=O)N2CCC3(CCCCc4ccccc4OCCN(C)C3)CC2)cn1. The van der Waals surface area contributed by atoms with E-state index in [2.05, 4.69) is 46.2 Å². The fraction of sp³-hybridized carbons (Fsp3) is 0.560.